The van der Waals surface area contributed by atoms with Crippen molar-refractivity contribution in [2.75, 3.05) is 13.3 Å². The molecule has 0 saturated carbocycles. The predicted octanol–water partition coefficient (Wildman–Crippen LogP) is 3.98. The number of carbonyl (C=O) groups is 1. The van der Waals surface area contributed by atoms with Crippen LogP contribution in [0.5, 0.6) is 11.5 Å². The molecule has 4 nitrogen and oxygen atoms in total. The fourth-order valence-electron chi connectivity index (χ4n) is 2.42. The van der Waals surface area contributed by atoms with Crippen molar-refractivity contribution in [1.29, 1.82) is 0 Å². The zero-order valence-electron chi connectivity index (χ0n) is 12.5. The van der Waals surface area contributed by atoms with Crippen LogP contribution in [0.4, 0.5) is 4.39 Å². The van der Waals surface area contributed by atoms with Crippen LogP contribution in [-0.2, 0) is 6.54 Å². The van der Waals surface area contributed by atoms with Gasteiger partial charge in [-0.2, -0.15) is 0 Å². The van der Waals surface area contributed by atoms with Crippen LogP contribution in [0.1, 0.15) is 22.8 Å². The molecule has 0 fully saturated rings. The Labute approximate surface area is 141 Å². The second-order valence-corrected chi connectivity index (χ2v) is 6.05. The standard InChI is InChI=1S/C17H15BrFNO3/c1-2-20(17(21)13-5-4-12(18)8-14(13)19)9-11-3-6-15-16(7-11)23-10-22-15/h3-8H,2,9-10H2,1H3. The molecular weight excluding hydrogens is 365 g/mol. The van der Waals surface area contributed by atoms with Gasteiger partial charge in [0.15, 0.2) is 11.5 Å². The normalized spacial score (nSPS) is 12.3. The van der Waals surface area contributed by atoms with Crippen molar-refractivity contribution in [3.8, 4) is 11.5 Å². The topological polar surface area (TPSA) is 38.8 Å². The molecule has 120 valence electrons. The monoisotopic (exact) mass is 379 g/mol. The van der Waals surface area contributed by atoms with Crippen LogP contribution in [0.15, 0.2) is 40.9 Å². The van der Waals surface area contributed by atoms with E-state index in [4.69, 9.17) is 9.47 Å². The highest BCUT2D eigenvalue weighted by atomic mass is 79.9. The minimum atomic E-state index is -0.534. The molecule has 0 aromatic heterocycles. The van der Waals surface area contributed by atoms with Crippen molar-refractivity contribution in [2.45, 2.75) is 13.5 Å². The van der Waals surface area contributed by atoms with E-state index in [9.17, 15) is 9.18 Å². The Morgan fingerprint density at radius 2 is 2.00 bits per heavy atom. The van der Waals surface area contributed by atoms with Crippen LogP contribution in [-0.4, -0.2) is 24.1 Å². The average Bonchev–Trinajstić information content (AvgIpc) is 2.99. The highest BCUT2D eigenvalue weighted by Gasteiger charge is 2.20. The second kappa shape index (κ2) is 6.58. The SMILES string of the molecule is CCN(Cc1ccc2c(c1)OCO2)C(=O)c1ccc(Br)cc1F. The zero-order valence-corrected chi connectivity index (χ0v) is 14.1. The third-order valence-corrected chi connectivity index (χ3v) is 4.13. The number of amides is 1. The van der Waals surface area contributed by atoms with Gasteiger partial charge in [0.25, 0.3) is 5.91 Å². The molecule has 2 aromatic carbocycles. The number of rotatable bonds is 4. The van der Waals surface area contributed by atoms with Gasteiger partial charge in [0.05, 0.1) is 5.56 Å². The second-order valence-electron chi connectivity index (χ2n) is 5.13. The van der Waals surface area contributed by atoms with E-state index in [-0.39, 0.29) is 18.3 Å². The predicted molar refractivity (Wildman–Crippen MR) is 87.1 cm³/mol. The quantitative estimate of drug-likeness (QED) is 0.806. The lowest BCUT2D eigenvalue weighted by Gasteiger charge is -2.21. The Hall–Kier alpha value is -2.08. The Morgan fingerprint density at radius 3 is 2.74 bits per heavy atom. The van der Waals surface area contributed by atoms with E-state index in [1.807, 2.05) is 25.1 Å². The summed E-state index contributed by atoms with van der Waals surface area (Å²) in [6.45, 7) is 2.92. The van der Waals surface area contributed by atoms with Crippen molar-refractivity contribution in [3.63, 3.8) is 0 Å². The number of fused-ring (bicyclic) bond motifs is 1. The van der Waals surface area contributed by atoms with E-state index in [1.54, 1.807) is 11.0 Å². The molecule has 0 atom stereocenters. The smallest absolute Gasteiger partial charge is 0.257 e. The first-order chi connectivity index (χ1) is 11.1. The third kappa shape index (κ3) is 3.32. The molecular formula is C17H15BrFNO3. The first kappa shape index (κ1) is 15.8. The number of hydrogen-bond donors (Lipinski definition) is 0. The fourth-order valence-corrected chi connectivity index (χ4v) is 2.75. The lowest BCUT2D eigenvalue weighted by atomic mass is 10.1. The Kier molecular flexibility index (Phi) is 4.52. The highest BCUT2D eigenvalue weighted by Crippen LogP contribution is 2.33. The van der Waals surface area contributed by atoms with Gasteiger partial charge < -0.3 is 14.4 Å². The maximum atomic E-state index is 14.0. The van der Waals surface area contributed by atoms with Crippen LogP contribution >= 0.6 is 15.9 Å². The molecule has 1 aliphatic heterocycles. The molecule has 23 heavy (non-hydrogen) atoms. The third-order valence-electron chi connectivity index (χ3n) is 3.64. The molecule has 3 rings (SSSR count). The van der Waals surface area contributed by atoms with Crippen molar-refractivity contribution in [1.82, 2.24) is 4.90 Å². The molecule has 0 N–H and O–H groups in total. The van der Waals surface area contributed by atoms with Crippen molar-refractivity contribution >= 4 is 21.8 Å². The van der Waals surface area contributed by atoms with E-state index < -0.39 is 5.82 Å². The van der Waals surface area contributed by atoms with E-state index in [2.05, 4.69) is 15.9 Å². The number of halogens is 2. The molecule has 0 bridgehead atoms. The van der Waals surface area contributed by atoms with Gasteiger partial charge in [-0.1, -0.05) is 22.0 Å². The first-order valence-corrected chi connectivity index (χ1v) is 8.00. The van der Waals surface area contributed by atoms with Gasteiger partial charge >= 0.3 is 0 Å². The lowest BCUT2D eigenvalue weighted by molar-refractivity contribution is 0.0747. The summed E-state index contributed by atoms with van der Waals surface area (Å²) in [5.74, 6) is 0.492. The van der Waals surface area contributed by atoms with Crippen LogP contribution in [0.3, 0.4) is 0 Å². The van der Waals surface area contributed by atoms with E-state index in [0.29, 0.717) is 29.1 Å². The van der Waals surface area contributed by atoms with Gasteiger partial charge in [-0.3, -0.25) is 4.79 Å². The largest absolute Gasteiger partial charge is 0.454 e. The summed E-state index contributed by atoms with van der Waals surface area (Å²) >= 11 is 3.19. The molecule has 0 unspecified atom stereocenters. The summed E-state index contributed by atoms with van der Waals surface area (Å²) in [7, 11) is 0. The van der Waals surface area contributed by atoms with Gasteiger partial charge in [0, 0.05) is 17.6 Å². The van der Waals surface area contributed by atoms with E-state index in [1.165, 1.54) is 12.1 Å². The summed E-state index contributed by atoms with van der Waals surface area (Å²) in [5.41, 5.74) is 0.970. The molecule has 0 spiro atoms. The van der Waals surface area contributed by atoms with Crippen LogP contribution < -0.4 is 9.47 Å². The van der Waals surface area contributed by atoms with Crippen LogP contribution in [0.2, 0.25) is 0 Å². The van der Waals surface area contributed by atoms with Gasteiger partial charge in [-0.25, -0.2) is 4.39 Å². The fraction of sp³-hybridized carbons (Fsp3) is 0.235. The van der Waals surface area contributed by atoms with Crippen molar-refractivity contribution in [3.05, 3.63) is 57.8 Å². The number of nitrogens with zero attached hydrogens (tertiary/aromatic N) is 1. The Morgan fingerprint density at radius 1 is 1.22 bits per heavy atom. The molecule has 0 aliphatic carbocycles. The Balaban J connectivity index is 1.80. The lowest BCUT2D eigenvalue weighted by Crippen LogP contribution is -2.31. The first-order valence-electron chi connectivity index (χ1n) is 7.21. The van der Waals surface area contributed by atoms with Gasteiger partial charge in [0.2, 0.25) is 6.79 Å². The molecule has 0 saturated heterocycles. The van der Waals surface area contributed by atoms with E-state index >= 15 is 0 Å². The number of carbonyl (C=O) groups excluding carboxylic acids is 1. The molecule has 1 aliphatic rings. The minimum absolute atomic E-state index is 0.0655. The molecule has 0 radical (unpaired) electrons. The summed E-state index contributed by atoms with van der Waals surface area (Å²) in [5, 5.41) is 0. The zero-order chi connectivity index (χ0) is 16.4. The number of benzene rings is 2. The van der Waals surface area contributed by atoms with Gasteiger partial charge in [0.1, 0.15) is 5.82 Å². The van der Waals surface area contributed by atoms with Crippen LogP contribution in [0, 0.1) is 5.82 Å². The van der Waals surface area contributed by atoms with E-state index in [0.717, 1.165) is 5.56 Å². The summed E-state index contributed by atoms with van der Waals surface area (Å²) in [6.07, 6.45) is 0. The molecule has 2 aromatic rings. The molecule has 1 amide bonds. The summed E-state index contributed by atoms with van der Waals surface area (Å²) < 4.78 is 25.2. The van der Waals surface area contributed by atoms with Gasteiger partial charge in [-0.05, 0) is 42.8 Å². The molecule has 1 heterocycles. The maximum Gasteiger partial charge on any atom is 0.257 e. The molecule has 6 heteroatoms. The van der Waals surface area contributed by atoms with Crippen molar-refractivity contribution < 1.29 is 18.7 Å². The summed E-state index contributed by atoms with van der Waals surface area (Å²) in [6, 6.07) is 9.98. The number of ether oxygens (including phenoxy) is 2. The minimum Gasteiger partial charge on any atom is -0.454 e. The summed E-state index contributed by atoms with van der Waals surface area (Å²) in [4.78, 5) is 14.1. The number of hydrogen-bond acceptors (Lipinski definition) is 3. The maximum absolute atomic E-state index is 14.0. The van der Waals surface area contributed by atoms with Crippen LogP contribution in [0.25, 0.3) is 0 Å². The average molecular weight is 380 g/mol. The van der Waals surface area contributed by atoms with Gasteiger partial charge in [-0.15, -0.1) is 0 Å². The Bertz CT molecular complexity index is 751. The highest BCUT2D eigenvalue weighted by molar-refractivity contribution is 9.10. The van der Waals surface area contributed by atoms with Crippen molar-refractivity contribution in [2.24, 2.45) is 0 Å².